The smallest absolute Gasteiger partial charge is 0.265 e. The zero-order valence-corrected chi connectivity index (χ0v) is 15.3. The number of hydrogen-bond acceptors (Lipinski definition) is 3. The van der Waals surface area contributed by atoms with Crippen molar-refractivity contribution >= 4 is 55.8 Å². The molecule has 0 amide bonds. The number of anilines is 1. The molecule has 0 fully saturated rings. The van der Waals surface area contributed by atoms with Gasteiger partial charge in [-0.05, 0) is 54.9 Å². The molecule has 0 saturated heterocycles. The van der Waals surface area contributed by atoms with Crippen LogP contribution in [0.25, 0.3) is 0 Å². The van der Waals surface area contributed by atoms with Crippen molar-refractivity contribution in [3.63, 3.8) is 0 Å². The van der Waals surface area contributed by atoms with E-state index in [0.29, 0.717) is 0 Å². The predicted octanol–water partition coefficient (Wildman–Crippen LogP) is 4.48. The summed E-state index contributed by atoms with van der Waals surface area (Å²) in [4.78, 5) is 11.4. The number of sulfonamides is 1. The molecule has 0 heterocycles. The van der Waals surface area contributed by atoms with E-state index in [4.69, 9.17) is 34.8 Å². The van der Waals surface area contributed by atoms with Crippen LogP contribution in [0.1, 0.15) is 6.92 Å². The average molecular weight is 411 g/mol. The fourth-order valence-corrected chi connectivity index (χ4v) is 4.53. The Labute approximate surface area is 153 Å². The Bertz CT molecular complexity index is 852. The van der Waals surface area contributed by atoms with Gasteiger partial charge in [-0.15, -0.1) is 0 Å². The molecule has 1 atom stereocenters. The first-order valence-corrected chi connectivity index (χ1v) is 9.17. The van der Waals surface area contributed by atoms with Gasteiger partial charge in [0.05, 0.1) is 20.6 Å². The van der Waals surface area contributed by atoms with E-state index in [2.05, 4.69) is 0 Å². The molecule has 9 heteroatoms. The van der Waals surface area contributed by atoms with E-state index < -0.39 is 27.1 Å². The molecule has 24 heavy (non-hydrogen) atoms. The summed E-state index contributed by atoms with van der Waals surface area (Å²) in [6, 6.07) is 7.26. The summed E-state index contributed by atoms with van der Waals surface area (Å²) in [6.45, 7) is 1.30. The van der Waals surface area contributed by atoms with Gasteiger partial charge >= 0.3 is 0 Å². The van der Waals surface area contributed by atoms with E-state index in [1.807, 2.05) is 0 Å². The fraction of sp³-hybridized carbons (Fsp3) is 0.133. The highest BCUT2D eigenvalue weighted by Crippen LogP contribution is 2.38. The summed E-state index contributed by atoms with van der Waals surface area (Å²) < 4.78 is 39.8. The topological polar surface area (TPSA) is 54.5 Å². The first-order chi connectivity index (χ1) is 11.2. The highest BCUT2D eigenvalue weighted by Gasteiger charge is 2.35. The van der Waals surface area contributed by atoms with Crippen molar-refractivity contribution in [1.29, 1.82) is 0 Å². The fourth-order valence-electron chi connectivity index (χ4n) is 2.03. The lowest BCUT2D eigenvalue weighted by molar-refractivity contribution is -0.112. The maximum Gasteiger partial charge on any atom is 0.265 e. The molecule has 0 aromatic heterocycles. The molecule has 0 N–H and O–H groups in total. The lowest BCUT2D eigenvalue weighted by atomic mass is 10.3. The Morgan fingerprint density at radius 3 is 2.04 bits per heavy atom. The van der Waals surface area contributed by atoms with E-state index in [-0.39, 0.29) is 20.6 Å². The van der Waals surface area contributed by atoms with Crippen LogP contribution < -0.4 is 4.31 Å². The van der Waals surface area contributed by atoms with Crippen molar-refractivity contribution in [1.82, 2.24) is 0 Å². The van der Waals surface area contributed by atoms with Gasteiger partial charge in [-0.25, -0.2) is 12.8 Å². The zero-order valence-electron chi connectivity index (χ0n) is 12.2. The summed E-state index contributed by atoms with van der Waals surface area (Å²) >= 11 is 17.7. The van der Waals surface area contributed by atoms with Crippen molar-refractivity contribution in [3.8, 4) is 0 Å². The molecule has 4 nitrogen and oxygen atoms in total. The number of rotatable bonds is 5. The second-order valence-electron chi connectivity index (χ2n) is 4.81. The summed E-state index contributed by atoms with van der Waals surface area (Å²) in [6.07, 6.45) is 0. The van der Waals surface area contributed by atoms with E-state index in [1.165, 1.54) is 25.1 Å². The molecular weight excluding hydrogens is 400 g/mol. The van der Waals surface area contributed by atoms with Crippen LogP contribution in [0.15, 0.2) is 47.4 Å². The first kappa shape index (κ1) is 19.0. The van der Waals surface area contributed by atoms with Gasteiger partial charge in [0.2, 0.25) is 5.24 Å². The molecule has 0 aliphatic carbocycles. The summed E-state index contributed by atoms with van der Waals surface area (Å²) in [5.74, 6) is -0.599. The summed E-state index contributed by atoms with van der Waals surface area (Å²) in [7, 11) is -4.27. The second-order valence-corrected chi connectivity index (χ2v) is 7.81. The van der Waals surface area contributed by atoms with Gasteiger partial charge in [0, 0.05) is 0 Å². The second kappa shape index (κ2) is 7.27. The average Bonchev–Trinajstić information content (AvgIpc) is 2.50. The summed E-state index contributed by atoms with van der Waals surface area (Å²) in [5, 5.41) is -0.868. The Kier molecular flexibility index (Phi) is 5.75. The largest absolute Gasteiger partial charge is 0.279 e. The van der Waals surface area contributed by atoms with Gasteiger partial charge in [-0.3, -0.25) is 9.10 Å². The van der Waals surface area contributed by atoms with Gasteiger partial charge in [0.15, 0.2) is 0 Å². The van der Waals surface area contributed by atoms with E-state index >= 15 is 0 Å². The van der Waals surface area contributed by atoms with Crippen LogP contribution in [0, 0.1) is 5.82 Å². The number of carbonyl (C=O) groups excluding carboxylic acids is 1. The molecule has 1 unspecified atom stereocenters. The molecule has 0 aliphatic rings. The van der Waals surface area contributed by atoms with Gasteiger partial charge < -0.3 is 0 Å². The van der Waals surface area contributed by atoms with Crippen molar-refractivity contribution in [2.75, 3.05) is 4.31 Å². The minimum absolute atomic E-state index is 0.0259. The number of benzene rings is 2. The highest BCUT2D eigenvalue weighted by molar-refractivity contribution is 7.93. The molecule has 0 saturated carbocycles. The molecule has 128 valence electrons. The number of halogens is 4. The maximum atomic E-state index is 13.1. The third kappa shape index (κ3) is 3.67. The minimum Gasteiger partial charge on any atom is -0.279 e. The predicted molar refractivity (Wildman–Crippen MR) is 92.8 cm³/mol. The van der Waals surface area contributed by atoms with Crippen molar-refractivity contribution in [2.45, 2.75) is 17.9 Å². The Morgan fingerprint density at radius 1 is 1.08 bits per heavy atom. The SMILES string of the molecule is CC(C(=O)Cl)N(c1c(Cl)cccc1Cl)S(=O)(=O)c1ccc(F)cc1. The quantitative estimate of drug-likeness (QED) is 0.683. The van der Waals surface area contributed by atoms with Gasteiger partial charge in [-0.1, -0.05) is 29.3 Å². The molecule has 0 spiro atoms. The highest BCUT2D eigenvalue weighted by atomic mass is 35.5. The van der Waals surface area contributed by atoms with Crippen LogP contribution >= 0.6 is 34.8 Å². The van der Waals surface area contributed by atoms with E-state index in [0.717, 1.165) is 28.6 Å². The number of carbonyl (C=O) groups is 1. The maximum absolute atomic E-state index is 13.1. The van der Waals surface area contributed by atoms with Crippen LogP contribution in [0.4, 0.5) is 10.1 Å². The Hall–Kier alpha value is -1.34. The number of nitrogens with zero attached hydrogens (tertiary/aromatic N) is 1. The monoisotopic (exact) mass is 409 g/mol. The van der Waals surface area contributed by atoms with Crippen LogP contribution in [-0.4, -0.2) is 19.7 Å². The third-order valence-corrected chi connectivity index (χ3v) is 6.02. The van der Waals surface area contributed by atoms with Gasteiger partial charge in [0.1, 0.15) is 11.9 Å². The van der Waals surface area contributed by atoms with Crippen molar-refractivity contribution < 1.29 is 17.6 Å². The van der Waals surface area contributed by atoms with Gasteiger partial charge in [0.25, 0.3) is 10.0 Å². The molecule has 0 bridgehead atoms. The zero-order chi connectivity index (χ0) is 18.1. The van der Waals surface area contributed by atoms with Crippen LogP contribution in [0.3, 0.4) is 0 Å². The van der Waals surface area contributed by atoms with Crippen LogP contribution in [-0.2, 0) is 14.8 Å². The Balaban J connectivity index is 2.71. The van der Waals surface area contributed by atoms with Crippen LogP contribution in [0.2, 0.25) is 10.0 Å². The molecular formula is C15H11Cl3FNO3S. The lowest BCUT2D eigenvalue weighted by Crippen LogP contribution is -2.42. The van der Waals surface area contributed by atoms with Crippen molar-refractivity contribution in [3.05, 3.63) is 58.3 Å². The first-order valence-electron chi connectivity index (χ1n) is 6.59. The molecule has 2 rings (SSSR count). The Morgan fingerprint density at radius 2 is 1.58 bits per heavy atom. The molecule has 2 aromatic carbocycles. The molecule has 0 aliphatic heterocycles. The summed E-state index contributed by atoms with van der Waals surface area (Å²) in [5.41, 5.74) is -0.0772. The van der Waals surface area contributed by atoms with E-state index in [9.17, 15) is 17.6 Å². The minimum atomic E-state index is -4.27. The van der Waals surface area contributed by atoms with Crippen molar-refractivity contribution in [2.24, 2.45) is 0 Å². The normalized spacial score (nSPS) is 12.7. The number of para-hydroxylation sites is 1. The van der Waals surface area contributed by atoms with Crippen LogP contribution in [0.5, 0.6) is 0 Å². The standard InChI is InChI=1S/C15H11Cl3FNO3S/c1-9(15(18)21)20(14-12(16)3-2-4-13(14)17)24(22,23)11-7-5-10(19)6-8-11/h2-9H,1H3. The van der Waals surface area contributed by atoms with Gasteiger partial charge in [-0.2, -0.15) is 0 Å². The molecule has 0 radical (unpaired) electrons. The van der Waals surface area contributed by atoms with E-state index in [1.54, 1.807) is 0 Å². The lowest BCUT2D eigenvalue weighted by Gasteiger charge is -2.29. The number of hydrogen-bond donors (Lipinski definition) is 0. The third-order valence-electron chi connectivity index (χ3n) is 3.21. The molecule has 2 aromatic rings.